The largest absolute Gasteiger partial charge is 0.228 e. The Bertz CT molecular complexity index is 3060. The fourth-order valence-electron chi connectivity index (χ4n) is 8.43. The third-order valence-electron chi connectivity index (χ3n) is 10.8. The van der Waals surface area contributed by atoms with Crippen LogP contribution >= 0.6 is 0 Å². The first-order valence-corrected chi connectivity index (χ1v) is 17.8. The number of rotatable bonds is 4. The summed E-state index contributed by atoms with van der Waals surface area (Å²) in [5.74, 6) is 0.721. The van der Waals surface area contributed by atoms with Crippen LogP contribution in [0.5, 0.6) is 0 Å². The van der Waals surface area contributed by atoms with Gasteiger partial charge in [0.15, 0.2) is 5.82 Å². The smallest absolute Gasteiger partial charge is 0.161 e. The number of hydrogen-bond donors (Lipinski definition) is 0. The van der Waals surface area contributed by atoms with Crippen molar-refractivity contribution in [3.63, 3.8) is 0 Å². The minimum atomic E-state index is 0.721. The molecule has 1 aliphatic rings. The molecule has 0 spiro atoms. The van der Waals surface area contributed by atoms with Crippen molar-refractivity contribution in [2.45, 2.75) is 0 Å². The van der Waals surface area contributed by atoms with Gasteiger partial charge in [0.2, 0.25) is 0 Å². The molecule has 0 bridgehead atoms. The first-order chi connectivity index (χ1) is 25.8. The maximum Gasteiger partial charge on any atom is 0.161 e. The van der Waals surface area contributed by atoms with Crippen molar-refractivity contribution >= 4 is 43.1 Å². The maximum atomic E-state index is 5.49. The topological polar surface area (TPSA) is 25.8 Å². The van der Waals surface area contributed by atoms with Gasteiger partial charge in [0, 0.05) is 16.7 Å². The van der Waals surface area contributed by atoms with Crippen molar-refractivity contribution in [1.29, 1.82) is 0 Å². The molecule has 0 aliphatic heterocycles. The van der Waals surface area contributed by atoms with Crippen molar-refractivity contribution in [1.82, 2.24) is 9.97 Å². The molecule has 10 aromatic rings. The normalized spacial score (nSPS) is 11.8. The van der Waals surface area contributed by atoms with Crippen LogP contribution in [-0.4, -0.2) is 9.97 Å². The lowest BCUT2D eigenvalue weighted by Crippen LogP contribution is -1.99. The third-order valence-corrected chi connectivity index (χ3v) is 10.8. The highest BCUT2D eigenvalue weighted by atomic mass is 14.9. The molecule has 0 atom stereocenters. The second-order valence-corrected chi connectivity index (χ2v) is 13.7. The monoisotopic (exact) mass is 658 g/mol. The second kappa shape index (κ2) is 11.3. The van der Waals surface area contributed by atoms with Crippen LogP contribution < -0.4 is 0 Å². The summed E-state index contributed by atoms with van der Waals surface area (Å²) in [6.45, 7) is 0. The molecule has 52 heavy (non-hydrogen) atoms. The summed E-state index contributed by atoms with van der Waals surface area (Å²) in [6, 6.07) is 65.5. The first kappa shape index (κ1) is 28.9. The van der Waals surface area contributed by atoms with Crippen LogP contribution in [0.1, 0.15) is 0 Å². The van der Waals surface area contributed by atoms with Crippen LogP contribution in [0, 0.1) is 0 Å². The number of nitrogens with zero attached hydrogens (tertiary/aromatic N) is 2. The predicted octanol–water partition coefficient (Wildman–Crippen LogP) is 13.4. The summed E-state index contributed by atoms with van der Waals surface area (Å²) < 4.78 is 0. The quantitative estimate of drug-likeness (QED) is 0.139. The van der Waals surface area contributed by atoms with E-state index in [1.165, 1.54) is 54.6 Å². The molecular formula is C50H30N2. The zero-order chi connectivity index (χ0) is 34.2. The lowest BCUT2D eigenvalue weighted by Gasteiger charge is -2.16. The van der Waals surface area contributed by atoms with E-state index in [2.05, 4.69) is 182 Å². The van der Waals surface area contributed by atoms with Gasteiger partial charge in [0.25, 0.3) is 0 Å². The highest BCUT2D eigenvalue weighted by Gasteiger charge is 2.23. The lowest BCUT2D eigenvalue weighted by molar-refractivity contribution is 1.19. The zero-order valence-corrected chi connectivity index (χ0v) is 28.2. The lowest BCUT2D eigenvalue weighted by atomic mass is 9.92. The van der Waals surface area contributed by atoms with Crippen LogP contribution in [0.2, 0.25) is 0 Å². The Balaban J connectivity index is 1.21. The first-order valence-electron chi connectivity index (χ1n) is 17.8. The standard InChI is InChI=1S/C50H30N2/c1-2-12-31(13-3-1)36-18-8-9-21-40(36)47-30-46(35-25-26-39-41-22-10-16-33-17-11-23-42(48(33)41)45(39)29-35)51-50(52-47)49-38-20-7-5-15-34(38)28-44-37-19-6-4-14-32(37)24-27-43(44)49/h1-30H. The molecule has 11 rings (SSSR count). The molecule has 0 saturated heterocycles. The van der Waals surface area contributed by atoms with E-state index in [0.29, 0.717) is 0 Å². The summed E-state index contributed by atoms with van der Waals surface area (Å²) in [5, 5.41) is 9.71. The Hall–Kier alpha value is -6.90. The molecular weight excluding hydrogens is 629 g/mol. The van der Waals surface area contributed by atoms with Crippen LogP contribution in [-0.2, 0) is 0 Å². The Morgan fingerprint density at radius 3 is 1.79 bits per heavy atom. The van der Waals surface area contributed by atoms with E-state index < -0.39 is 0 Å². The van der Waals surface area contributed by atoms with E-state index in [9.17, 15) is 0 Å². The highest BCUT2D eigenvalue weighted by Crippen LogP contribution is 2.48. The molecule has 1 aliphatic carbocycles. The third kappa shape index (κ3) is 4.38. The molecule has 1 heterocycles. The molecule has 0 fully saturated rings. The molecule has 0 unspecified atom stereocenters. The summed E-state index contributed by atoms with van der Waals surface area (Å²) in [4.78, 5) is 11.0. The molecule has 2 heteroatoms. The SMILES string of the molecule is c1ccc(-c2ccccc2-c2cc(-c3ccc4c(c3)-c3cccc5cccc-4c35)nc(-c3c4ccccc4cc4c3ccc3ccccc34)n2)cc1. The summed E-state index contributed by atoms with van der Waals surface area (Å²) in [7, 11) is 0. The van der Waals surface area contributed by atoms with Gasteiger partial charge in [0.05, 0.1) is 11.4 Å². The Morgan fingerprint density at radius 2 is 0.942 bits per heavy atom. The van der Waals surface area contributed by atoms with Gasteiger partial charge in [-0.3, -0.25) is 0 Å². The zero-order valence-electron chi connectivity index (χ0n) is 28.2. The van der Waals surface area contributed by atoms with Gasteiger partial charge in [-0.25, -0.2) is 9.97 Å². The fraction of sp³-hybridized carbons (Fsp3) is 0. The fourth-order valence-corrected chi connectivity index (χ4v) is 8.43. The summed E-state index contributed by atoms with van der Waals surface area (Å²) >= 11 is 0. The average molecular weight is 659 g/mol. The summed E-state index contributed by atoms with van der Waals surface area (Å²) in [5.41, 5.74) is 12.4. The molecule has 0 amide bonds. The molecule has 0 N–H and O–H groups in total. The van der Waals surface area contributed by atoms with Crippen molar-refractivity contribution in [2.24, 2.45) is 0 Å². The molecule has 240 valence electrons. The minimum absolute atomic E-state index is 0.721. The van der Waals surface area contributed by atoms with Gasteiger partial charge in [-0.05, 0) is 94.7 Å². The summed E-state index contributed by atoms with van der Waals surface area (Å²) in [6.07, 6.45) is 0. The van der Waals surface area contributed by atoms with Gasteiger partial charge in [-0.15, -0.1) is 0 Å². The van der Waals surface area contributed by atoms with Crippen LogP contribution in [0.4, 0.5) is 0 Å². The average Bonchev–Trinajstić information content (AvgIpc) is 3.54. The maximum absolute atomic E-state index is 5.49. The van der Waals surface area contributed by atoms with Gasteiger partial charge in [-0.1, -0.05) is 164 Å². The molecule has 0 radical (unpaired) electrons. The highest BCUT2D eigenvalue weighted by molar-refractivity contribution is 6.20. The van der Waals surface area contributed by atoms with Crippen LogP contribution in [0.25, 0.3) is 110 Å². The van der Waals surface area contributed by atoms with Crippen LogP contribution in [0.3, 0.4) is 0 Å². The molecule has 0 saturated carbocycles. The van der Waals surface area contributed by atoms with Gasteiger partial charge >= 0.3 is 0 Å². The van der Waals surface area contributed by atoms with Gasteiger partial charge in [0.1, 0.15) is 0 Å². The van der Waals surface area contributed by atoms with E-state index >= 15 is 0 Å². The van der Waals surface area contributed by atoms with Gasteiger partial charge < -0.3 is 0 Å². The van der Waals surface area contributed by atoms with Crippen molar-refractivity contribution in [3.05, 3.63) is 182 Å². The molecule has 1 aromatic heterocycles. The number of hydrogen-bond acceptors (Lipinski definition) is 2. The van der Waals surface area contributed by atoms with Crippen molar-refractivity contribution in [2.75, 3.05) is 0 Å². The predicted molar refractivity (Wildman–Crippen MR) is 218 cm³/mol. The van der Waals surface area contributed by atoms with E-state index in [-0.39, 0.29) is 0 Å². The van der Waals surface area contributed by atoms with Crippen molar-refractivity contribution < 1.29 is 0 Å². The van der Waals surface area contributed by atoms with E-state index in [1.807, 2.05) is 0 Å². The Kier molecular flexibility index (Phi) is 6.28. The number of aromatic nitrogens is 2. The Labute approximate surface area is 301 Å². The minimum Gasteiger partial charge on any atom is -0.228 e. The van der Waals surface area contributed by atoms with E-state index in [0.717, 1.165) is 55.8 Å². The molecule has 2 nitrogen and oxygen atoms in total. The number of benzene rings is 9. The van der Waals surface area contributed by atoms with Crippen LogP contribution in [0.15, 0.2) is 182 Å². The molecule has 9 aromatic carbocycles. The van der Waals surface area contributed by atoms with E-state index in [1.54, 1.807) is 0 Å². The number of fused-ring (bicyclic) bond motifs is 7. The van der Waals surface area contributed by atoms with Crippen molar-refractivity contribution in [3.8, 4) is 67.3 Å². The Morgan fingerprint density at radius 1 is 0.288 bits per heavy atom. The second-order valence-electron chi connectivity index (χ2n) is 13.7. The van der Waals surface area contributed by atoms with Gasteiger partial charge in [-0.2, -0.15) is 0 Å². The van der Waals surface area contributed by atoms with E-state index in [4.69, 9.17) is 9.97 Å².